The molecule has 0 bridgehead atoms. The number of imide groups is 1. The number of amides is 2. The molecule has 5 nitrogen and oxygen atoms in total. The van der Waals surface area contributed by atoms with Crippen LogP contribution in [0, 0.1) is 5.41 Å². The number of imidazole rings is 1. The Morgan fingerprint density at radius 1 is 1.47 bits per heavy atom. The maximum absolute atomic E-state index is 11.9. The molecule has 92 valence electrons. The van der Waals surface area contributed by atoms with E-state index >= 15 is 0 Å². The molecule has 2 amide bonds. The van der Waals surface area contributed by atoms with E-state index in [4.69, 9.17) is 0 Å². The first kappa shape index (κ1) is 11.8. The molecule has 0 saturated carbocycles. The Labute approximate surface area is 100 Å². The molecule has 1 aliphatic rings. The fourth-order valence-electron chi connectivity index (χ4n) is 2.09. The van der Waals surface area contributed by atoms with Gasteiger partial charge in [0.15, 0.2) is 0 Å². The largest absolute Gasteiger partial charge is 0.349 e. The zero-order valence-electron chi connectivity index (χ0n) is 10.2. The molecule has 0 aromatic carbocycles. The molecule has 17 heavy (non-hydrogen) atoms. The smallest absolute Gasteiger partial charge is 0.235 e. The lowest BCUT2D eigenvalue weighted by Crippen LogP contribution is -2.34. The predicted molar refractivity (Wildman–Crippen MR) is 62.0 cm³/mol. The first-order valence-corrected chi connectivity index (χ1v) is 5.84. The number of carbonyl (C=O) groups is 2. The lowest BCUT2D eigenvalue weighted by Gasteiger charge is -2.17. The number of aromatic nitrogens is 2. The third-order valence-corrected chi connectivity index (χ3v) is 3.07. The van der Waals surface area contributed by atoms with Crippen LogP contribution in [0.4, 0.5) is 0 Å². The summed E-state index contributed by atoms with van der Waals surface area (Å²) in [5.41, 5.74) is -0.526. The number of aromatic amines is 1. The highest BCUT2D eigenvalue weighted by atomic mass is 16.2. The van der Waals surface area contributed by atoms with Crippen LogP contribution in [0.5, 0.6) is 0 Å². The lowest BCUT2D eigenvalue weighted by atomic mass is 9.92. The number of likely N-dealkylation sites (tertiary alicyclic amines) is 1. The van der Waals surface area contributed by atoms with Crippen LogP contribution in [-0.4, -0.2) is 33.2 Å². The van der Waals surface area contributed by atoms with E-state index in [1.807, 2.05) is 13.8 Å². The minimum absolute atomic E-state index is 0.0538. The Morgan fingerprint density at radius 3 is 2.76 bits per heavy atom. The van der Waals surface area contributed by atoms with Crippen molar-refractivity contribution in [2.24, 2.45) is 5.41 Å². The summed E-state index contributed by atoms with van der Waals surface area (Å²) in [7, 11) is 0. The van der Waals surface area contributed by atoms with Crippen molar-refractivity contribution in [3.05, 3.63) is 18.2 Å². The maximum Gasteiger partial charge on any atom is 0.235 e. The lowest BCUT2D eigenvalue weighted by molar-refractivity contribution is -0.140. The first-order valence-electron chi connectivity index (χ1n) is 5.84. The number of aryl methyl sites for hydroxylation is 1. The molecule has 0 aliphatic carbocycles. The van der Waals surface area contributed by atoms with Crippen molar-refractivity contribution < 1.29 is 9.59 Å². The number of rotatable bonds is 4. The van der Waals surface area contributed by atoms with Gasteiger partial charge in [-0.25, -0.2) is 4.98 Å². The highest BCUT2D eigenvalue weighted by Crippen LogP contribution is 2.31. The standard InChI is InChI=1S/C12H17N3O2/c1-12(2)8-10(16)15(11(12)17)7-3-4-9-13-5-6-14-9/h5-6H,3-4,7-8H2,1-2H3,(H,13,14). The van der Waals surface area contributed by atoms with E-state index in [2.05, 4.69) is 9.97 Å². The van der Waals surface area contributed by atoms with E-state index in [-0.39, 0.29) is 11.8 Å². The highest BCUT2D eigenvalue weighted by molar-refractivity contribution is 6.05. The van der Waals surface area contributed by atoms with Crippen molar-refractivity contribution in [2.75, 3.05) is 6.54 Å². The number of carbonyl (C=O) groups excluding carboxylic acids is 2. The molecular formula is C12H17N3O2. The van der Waals surface area contributed by atoms with E-state index in [9.17, 15) is 9.59 Å². The molecule has 1 aromatic rings. The summed E-state index contributed by atoms with van der Waals surface area (Å²) in [4.78, 5) is 32.1. The number of hydrogen-bond donors (Lipinski definition) is 1. The minimum atomic E-state index is -0.526. The molecule has 0 radical (unpaired) electrons. The monoisotopic (exact) mass is 235 g/mol. The van der Waals surface area contributed by atoms with E-state index in [0.717, 1.165) is 18.7 Å². The second kappa shape index (κ2) is 4.31. The third-order valence-electron chi connectivity index (χ3n) is 3.07. The molecule has 0 atom stereocenters. The van der Waals surface area contributed by atoms with Crippen LogP contribution in [0.1, 0.15) is 32.5 Å². The van der Waals surface area contributed by atoms with Crippen LogP contribution in [-0.2, 0) is 16.0 Å². The summed E-state index contributed by atoms with van der Waals surface area (Å²) >= 11 is 0. The zero-order valence-corrected chi connectivity index (χ0v) is 10.2. The number of nitrogens with one attached hydrogen (secondary N) is 1. The van der Waals surface area contributed by atoms with E-state index in [1.165, 1.54) is 4.90 Å². The van der Waals surface area contributed by atoms with Gasteiger partial charge in [-0.05, 0) is 6.42 Å². The van der Waals surface area contributed by atoms with Gasteiger partial charge in [0.2, 0.25) is 11.8 Å². The quantitative estimate of drug-likeness (QED) is 0.795. The highest BCUT2D eigenvalue weighted by Gasteiger charge is 2.44. The summed E-state index contributed by atoms with van der Waals surface area (Å²) in [6.07, 6.45) is 5.30. The van der Waals surface area contributed by atoms with Crippen LogP contribution in [0.3, 0.4) is 0 Å². The normalized spacial score (nSPS) is 19.1. The van der Waals surface area contributed by atoms with Crippen molar-refractivity contribution in [1.82, 2.24) is 14.9 Å². The summed E-state index contributed by atoms with van der Waals surface area (Å²) in [6.45, 7) is 4.13. The van der Waals surface area contributed by atoms with Gasteiger partial charge in [-0.15, -0.1) is 0 Å². The van der Waals surface area contributed by atoms with Crippen molar-refractivity contribution in [3.63, 3.8) is 0 Å². The Hall–Kier alpha value is -1.65. The summed E-state index contributed by atoms with van der Waals surface area (Å²) in [5.74, 6) is 0.782. The minimum Gasteiger partial charge on any atom is -0.349 e. The average Bonchev–Trinajstić information content (AvgIpc) is 2.80. The van der Waals surface area contributed by atoms with Gasteiger partial charge >= 0.3 is 0 Å². The Bertz CT molecular complexity index is 423. The van der Waals surface area contributed by atoms with Crippen molar-refractivity contribution in [1.29, 1.82) is 0 Å². The number of nitrogens with zero attached hydrogens (tertiary/aromatic N) is 2. The fourth-order valence-corrected chi connectivity index (χ4v) is 2.09. The topological polar surface area (TPSA) is 66.1 Å². The van der Waals surface area contributed by atoms with Gasteiger partial charge in [-0.2, -0.15) is 0 Å². The summed E-state index contributed by atoms with van der Waals surface area (Å²) in [6, 6.07) is 0. The number of hydrogen-bond acceptors (Lipinski definition) is 3. The average molecular weight is 235 g/mol. The third kappa shape index (κ3) is 2.38. The van der Waals surface area contributed by atoms with Crippen LogP contribution < -0.4 is 0 Å². The molecule has 1 aliphatic heterocycles. The second-order valence-electron chi connectivity index (χ2n) is 5.05. The van der Waals surface area contributed by atoms with Crippen LogP contribution in [0.25, 0.3) is 0 Å². The van der Waals surface area contributed by atoms with Crippen LogP contribution >= 0.6 is 0 Å². The van der Waals surface area contributed by atoms with Crippen LogP contribution in [0.15, 0.2) is 12.4 Å². The van der Waals surface area contributed by atoms with E-state index < -0.39 is 5.41 Å². The molecule has 0 spiro atoms. The van der Waals surface area contributed by atoms with Gasteiger partial charge in [0.25, 0.3) is 0 Å². The molecule has 1 N–H and O–H groups in total. The summed E-state index contributed by atoms with van der Waals surface area (Å²) in [5, 5.41) is 0. The molecule has 1 saturated heterocycles. The fraction of sp³-hybridized carbons (Fsp3) is 0.583. The van der Waals surface area contributed by atoms with Gasteiger partial charge < -0.3 is 4.98 Å². The molecular weight excluding hydrogens is 218 g/mol. The van der Waals surface area contributed by atoms with E-state index in [0.29, 0.717) is 13.0 Å². The van der Waals surface area contributed by atoms with Crippen molar-refractivity contribution in [2.45, 2.75) is 33.1 Å². The van der Waals surface area contributed by atoms with Gasteiger partial charge in [0.1, 0.15) is 5.82 Å². The maximum atomic E-state index is 11.9. The van der Waals surface area contributed by atoms with Crippen LogP contribution in [0.2, 0.25) is 0 Å². The molecule has 0 unspecified atom stereocenters. The Morgan fingerprint density at radius 2 is 2.24 bits per heavy atom. The molecule has 1 fully saturated rings. The first-order chi connectivity index (χ1) is 8.00. The van der Waals surface area contributed by atoms with Crippen molar-refractivity contribution in [3.8, 4) is 0 Å². The molecule has 1 aromatic heterocycles. The second-order valence-corrected chi connectivity index (χ2v) is 5.05. The molecule has 2 heterocycles. The molecule has 5 heteroatoms. The van der Waals surface area contributed by atoms with Gasteiger partial charge in [-0.1, -0.05) is 13.8 Å². The Balaban J connectivity index is 1.87. The SMILES string of the molecule is CC1(C)CC(=O)N(CCCc2ncc[nH]2)C1=O. The number of H-pyrrole nitrogens is 1. The van der Waals surface area contributed by atoms with Gasteiger partial charge in [0.05, 0.1) is 5.41 Å². The van der Waals surface area contributed by atoms with Gasteiger partial charge in [0, 0.05) is 31.8 Å². The molecule has 2 rings (SSSR count). The van der Waals surface area contributed by atoms with Gasteiger partial charge in [-0.3, -0.25) is 14.5 Å². The zero-order chi connectivity index (χ0) is 12.5. The van der Waals surface area contributed by atoms with Crippen molar-refractivity contribution >= 4 is 11.8 Å². The predicted octanol–water partition coefficient (Wildman–Crippen LogP) is 1.13. The summed E-state index contributed by atoms with van der Waals surface area (Å²) < 4.78 is 0. The Kier molecular flexibility index (Phi) is 3.00. The van der Waals surface area contributed by atoms with E-state index in [1.54, 1.807) is 12.4 Å².